The maximum atomic E-state index is 14.6. The monoisotopic (exact) mass is 362 g/mol. The number of allylic oxidation sites excluding steroid dienone is 1. The lowest BCUT2D eigenvalue weighted by Gasteiger charge is -2.32. The van der Waals surface area contributed by atoms with Crippen molar-refractivity contribution in [1.82, 2.24) is 9.78 Å². The van der Waals surface area contributed by atoms with Gasteiger partial charge in [0, 0.05) is 16.6 Å². The standard InChI is InChI=1S/C18H24BFN2O2S/c1-6-14-11-15(13-8-10-25-12-13)21-22(14)9-7-16(20)19-23-17(2,3)18(4,5)24-19/h7-8,10-12H,6,9H2,1-5H3. The van der Waals surface area contributed by atoms with Gasteiger partial charge in [0.25, 0.3) is 0 Å². The number of rotatable bonds is 5. The van der Waals surface area contributed by atoms with Gasteiger partial charge in [-0.3, -0.25) is 4.68 Å². The Labute approximate surface area is 152 Å². The van der Waals surface area contributed by atoms with Crippen LogP contribution >= 0.6 is 11.3 Å². The van der Waals surface area contributed by atoms with Crippen LogP contribution in [-0.2, 0) is 22.3 Å². The van der Waals surface area contributed by atoms with Crippen LogP contribution in [0.5, 0.6) is 0 Å². The Morgan fingerprint density at radius 2 is 2.00 bits per heavy atom. The lowest BCUT2D eigenvalue weighted by atomic mass is 9.88. The molecule has 0 amide bonds. The summed E-state index contributed by atoms with van der Waals surface area (Å²) in [5.74, 6) is 0. The molecule has 134 valence electrons. The number of nitrogens with zero attached hydrogens (tertiary/aromatic N) is 2. The van der Waals surface area contributed by atoms with Crippen molar-refractivity contribution in [3.05, 3.63) is 40.4 Å². The van der Waals surface area contributed by atoms with Gasteiger partial charge in [-0.25, -0.2) is 4.39 Å². The average Bonchev–Trinajstić information content (AvgIpc) is 3.23. The summed E-state index contributed by atoms with van der Waals surface area (Å²) < 4.78 is 27.9. The highest BCUT2D eigenvalue weighted by Crippen LogP contribution is 2.38. The molecular formula is C18H24BFN2O2S. The molecule has 1 aliphatic rings. The van der Waals surface area contributed by atoms with Crippen molar-refractivity contribution < 1.29 is 13.7 Å². The topological polar surface area (TPSA) is 36.3 Å². The van der Waals surface area contributed by atoms with Gasteiger partial charge in [-0.15, -0.1) is 0 Å². The maximum Gasteiger partial charge on any atom is 0.524 e. The fourth-order valence-electron chi connectivity index (χ4n) is 2.67. The summed E-state index contributed by atoms with van der Waals surface area (Å²) in [5.41, 5.74) is 1.58. The van der Waals surface area contributed by atoms with Crippen LogP contribution in [0.1, 0.15) is 40.3 Å². The van der Waals surface area contributed by atoms with E-state index >= 15 is 0 Å². The predicted molar refractivity (Wildman–Crippen MR) is 100 cm³/mol. The molecule has 3 heterocycles. The Morgan fingerprint density at radius 3 is 2.56 bits per heavy atom. The van der Waals surface area contributed by atoms with Gasteiger partial charge in [0.05, 0.1) is 23.4 Å². The zero-order chi connectivity index (χ0) is 18.2. The van der Waals surface area contributed by atoms with Crippen LogP contribution in [0.3, 0.4) is 0 Å². The van der Waals surface area contributed by atoms with E-state index in [1.807, 2.05) is 43.8 Å². The van der Waals surface area contributed by atoms with Gasteiger partial charge in [-0.1, -0.05) is 6.92 Å². The van der Waals surface area contributed by atoms with Crippen LogP contribution in [-0.4, -0.2) is 28.1 Å². The molecule has 0 unspecified atom stereocenters. The fourth-order valence-corrected chi connectivity index (χ4v) is 3.32. The molecule has 4 nitrogen and oxygen atoms in total. The Kier molecular flexibility index (Phi) is 4.92. The molecule has 0 radical (unpaired) electrons. The van der Waals surface area contributed by atoms with E-state index < -0.39 is 24.0 Å². The Morgan fingerprint density at radius 1 is 1.32 bits per heavy atom. The van der Waals surface area contributed by atoms with Crippen LogP contribution in [0.4, 0.5) is 4.39 Å². The molecule has 0 aromatic carbocycles. The number of aromatic nitrogens is 2. The molecule has 1 saturated heterocycles. The first-order chi connectivity index (χ1) is 11.7. The summed E-state index contributed by atoms with van der Waals surface area (Å²) in [4.78, 5) is 0. The van der Waals surface area contributed by atoms with E-state index in [0.29, 0.717) is 6.54 Å². The van der Waals surface area contributed by atoms with Gasteiger partial charge >= 0.3 is 7.12 Å². The van der Waals surface area contributed by atoms with Crippen molar-refractivity contribution in [3.8, 4) is 11.3 Å². The third kappa shape index (κ3) is 3.59. The molecular weight excluding hydrogens is 338 g/mol. The molecule has 3 rings (SSSR count). The van der Waals surface area contributed by atoms with E-state index in [2.05, 4.69) is 23.5 Å². The van der Waals surface area contributed by atoms with Crippen LogP contribution in [0, 0.1) is 0 Å². The Hall–Kier alpha value is -1.44. The van der Waals surface area contributed by atoms with Crippen molar-refractivity contribution in [3.63, 3.8) is 0 Å². The van der Waals surface area contributed by atoms with Gasteiger partial charge < -0.3 is 9.31 Å². The van der Waals surface area contributed by atoms with Gasteiger partial charge in [0.2, 0.25) is 0 Å². The maximum absolute atomic E-state index is 14.6. The van der Waals surface area contributed by atoms with Crippen LogP contribution < -0.4 is 0 Å². The third-order valence-corrected chi connectivity index (χ3v) is 5.66. The molecule has 2 aromatic rings. The lowest BCUT2D eigenvalue weighted by Crippen LogP contribution is -2.41. The molecule has 7 heteroatoms. The SMILES string of the molecule is CCc1cc(-c2ccsc2)nn1CC=C(F)B1OC(C)(C)C(C)(C)O1. The summed E-state index contributed by atoms with van der Waals surface area (Å²) in [6.07, 6.45) is 2.33. The van der Waals surface area contributed by atoms with E-state index in [0.717, 1.165) is 23.4 Å². The largest absolute Gasteiger partial charge is 0.524 e. The number of thiophene rings is 1. The normalized spacial score (nSPS) is 19.6. The highest BCUT2D eigenvalue weighted by molar-refractivity contribution is 7.08. The minimum Gasteiger partial charge on any atom is -0.398 e. The highest BCUT2D eigenvalue weighted by atomic mass is 32.1. The number of aryl methyl sites for hydroxylation is 1. The second-order valence-corrected chi connectivity index (χ2v) is 8.03. The van der Waals surface area contributed by atoms with E-state index in [9.17, 15) is 4.39 Å². The molecule has 2 aromatic heterocycles. The molecule has 0 atom stereocenters. The second kappa shape index (κ2) is 6.70. The summed E-state index contributed by atoms with van der Waals surface area (Å²) >= 11 is 1.64. The minimum atomic E-state index is -0.956. The first kappa shape index (κ1) is 18.4. The average molecular weight is 362 g/mol. The molecule has 0 bridgehead atoms. The second-order valence-electron chi connectivity index (χ2n) is 7.25. The Balaban J connectivity index is 1.76. The summed E-state index contributed by atoms with van der Waals surface area (Å²) in [6, 6.07) is 4.10. The molecule has 25 heavy (non-hydrogen) atoms. The van der Waals surface area contributed by atoms with Gasteiger partial charge in [-0.2, -0.15) is 16.4 Å². The molecule has 0 aliphatic carbocycles. The first-order valence-electron chi connectivity index (χ1n) is 8.54. The lowest BCUT2D eigenvalue weighted by molar-refractivity contribution is 0.00578. The predicted octanol–water partition coefficient (Wildman–Crippen LogP) is 4.66. The number of hydrogen-bond donors (Lipinski definition) is 0. The van der Waals surface area contributed by atoms with Crippen molar-refractivity contribution in [2.75, 3.05) is 0 Å². The van der Waals surface area contributed by atoms with E-state index in [-0.39, 0.29) is 0 Å². The van der Waals surface area contributed by atoms with Crippen molar-refractivity contribution in [1.29, 1.82) is 0 Å². The molecule has 0 saturated carbocycles. The van der Waals surface area contributed by atoms with Gasteiger partial charge in [0.15, 0.2) is 0 Å². The smallest absolute Gasteiger partial charge is 0.398 e. The number of hydrogen-bond acceptors (Lipinski definition) is 4. The third-order valence-electron chi connectivity index (χ3n) is 4.98. The molecule has 1 aliphatic heterocycles. The van der Waals surface area contributed by atoms with E-state index in [1.165, 1.54) is 6.08 Å². The zero-order valence-electron chi connectivity index (χ0n) is 15.4. The Bertz CT molecular complexity index is 752. The summed E-state index contributed by atoms with van der Waals surface area (Å²) in [6.45, 7) is 10.1. The van der Waals surface area contributed by atoms with Crippen LogP contribution in [0.15, 0.2) is 34.7 Å². The van der Waals surface area contributed by atoms with E-state index in [1.54, 1.807) is 11.3 Å². The quantitative estimate of drug-likeness (QED) is 0.726. The summed E-state index contributed by atoms with van der Waals surface area (Å²) in [7, 11) is -0.956. The van der Waals surface area contributed by atoms with Crippen LogP contribution in [0.25, 0.3) is 11.3 Å². The van der Waals surface area contributed by atoms with E-state index in [4.69, 9.17) is 9.31 Å². The van der Waals surface area contributed by atoms with Gasteiger partial charge in [0.1, 0.15) is 5.73 Å². The molecule has 1 fully saturated rings. The van der Waals surface area contributed by atoms with Gasteiger partial charge in [-0.05, 0) is 57.7 Å². The molecule has 0 N–H and O–H groups in total. The van der Waals surface area contributed by atoms with Crippen molar-refractivity contribution in [2.24, 2.45) is 0 Å². The van der Waals surface area contributed by atoms with Crippen molar-refractivity contribution >= 4 is 18.5 Å². The highest BCUT2D eigenvalue weighted by Gasteiger charge is 2.52. The molecule has 0 spiro atoms. The first-order valence-corrected chi connectivity index (χ1v) is 9.48. The summed E-state index contributed by atoms with van der Waals surface area (Å²) in [5, 5.41) is 8.70. The van der Waals surface area contributed by atoms with Crippen LogP contribution in [0.2, 0.25) is 0 Å². The number of halogens is 1. The minimum absolute atomic E-state index is 0.350. The van der Waals surface area contributed by atoms with Crippen molar-refractivity contribution in [2.45, 2.75) is 58.8 Å². The fraction of sp³-hybridized carbons (Fsp3) is 0.500. The zero-order valence-corrected chi connectivity index (χ0v) is 16.2.